The number of aliphatic hydroxyl groups is 1. The van der Waals surface area contributed by atoms with Crippen LogP contribution in [0.2, 0.25) is 0 Å². The molecule has 9 nitrogen and oxygen atoms in total. The van der Waals surface area contributed by atoms with Crippen LogP contribution in [0, 0.1) is 0 Å². The van der Waals surface area contributed by atoms with Crippen molar-refractivity contribution in [2.24, 2.45) is 0 Å². The average molecular weight is 569 g/mol. The van der Waals surface area contributed by atoms with Crippen molar-refractivity contribution >= 4 is 22.7 Å². The number of aromatic hydroxyl groups is 1. The lowest BCUT2D eigenvalue weighted by Gasteiger charge is -2.19. The van der Waals surface area contributed by atoms with Gasteiger partial charge in [0.25, 0.3) is 0 Å². The number of aliphatic hydroxyl groups excluding tert-OH is 1. The van der Waals surface area contributed by atoms with E-state index in [1.807, 2.05) is 13.8 Å². The zero-order valence-corrected chi connectivity index (χ0v) is 24.3. The maximum Gasteiger partial charge on any atom is 0.306 e. The lowest BCUT2D eigenvalue weighted by molar-refractivity contribution is -0.143. The van der Waals surface area contributed by atoms with Gasteiger partial charge in [0.2, 0.25) is 0 Å². The number of rotatable bonds is 16. The van der Waals surface area contributed by atoms with Crippen LogP contribution in [0.4, 0.5) is 0 Å². The van der Waals surface area contributed by atoms with Crippen molar-refractivity contribution in [2.45, 2.75) is 78.7 Å². The van der Waals surface area contributed by atoms with Gasteiger partial charge < -0.3 is 28.8 Å². The number of carbonyl (C=O) groups is 2. The fraction of sp³-hybridized carbons (Fsp3) is 0.469. The number of carbonyl (C=O) groups excluding carboxylic acids is 2. The second-order valence-electron chi connectivity index (χ2n) is 9.92. The molecule has 2 aromatic carbocycles. The van der Waals surface area contributed by atoms with E-state index < -0.39 is 6.10 Å². The van der Waals surface area contributed by atoms with Crippen molar-refractivity contribution < 1.29 is 38.4 Å². The van der Waals surface area contributed by atoms with Gasteiger partial charge >= 0.3 is 5.97 Å². The highest BCUT2D eigenvalue weighted by Crippen LogP contribution is 2.34. The molecule has 1 aromatic heterocycles. The van der Waals surface area contributed by atoms with E-state index in [0.29, 0.717) is 52.2 Å². The molecule has 0 fully saturated rings. The highest BCUT2D eigenvalue weighted by molar-refractivity contribution is 5.97. The minimum atomic E-state index is -1.00. The Kier molecular flexibility index (Phi) is 11.8. The lowest BCUT2D eigenvalue weighted by Crippen LogP contribution is -2.25. The third-order valence-electron chi connectivity index (χ3n) is 6.65. The highest BCUT2D eigenvalue weighted by Gasteiger charge is 2.19. The van der Waals surface area contributed by atoms with E-state index in [1.165, 1.54) is 19.1 Å². The van der Waals surface area contributed by atoms with Crippen LogP contribution in [0.25, 0.3) is 11.0 Å². The number of phenolic OH excluding ortho intramolecular Hbond substituents is 1. The third-order valence-corrected chi connectivity index (χ3v) is 6.65. The largest absolute Gasteiger partial charge is 0.507 e. The van der Waals surface area contributed by atoms with Crippen molar-refractivity contribution in [3.8, 4) is 17.2 Å². The predicted molar refractivity (Wildman–Crippen MR) is 155 cm³/mol. The van der Waals surface area contributed by atoms with Crippen LogP contribution in [-0.2, 0) is 28.8 Å². The molecule has 2 N–H and O–H groups in total. The van der Waals surface area contributed by atoms with Crippen LogP contribution in [0.5, 0.6) is 17.2 Å². The van der Waals surface area contributed by atoms with Crippen LogP contribution < -0.4 is 14.9 Å². The SMILES string of the molecule is CCCCc1c(OCC(O)COc2ccc3c(=O)cc(CCC(=O)OCC)oc3c2CCC)ccc(C(C)=O)c1O. The first-order valence-corrected chi connectivity index (χ1v) is 14.2. The molecule has 222 valence electrons. The number of hydrogen-bond donors (Lipinski definition) is 2. The fourth-order valence-corrected chi connectivity index (χ4v) is 4.56. The van der Waals surface area contributed by atoms with E-state index in [4.69, 9.17) is 18.6 Å². The predicted octanol–water partition coefficient (Wildman–Crippen LogP) is 5.31. The van der Waals surface area contributed by atoms with Gasteiger partial charge in [-0.15, -0.1) is 0 Å². The number of fused-ring (bicyclic) bond motifs is 1. The van der Waals surface area contributed by atoms with E-state index in [0.717, 1.165) is 19.3 Å². The average Bonchev–Trinajstić information content (AvgIpc) is 2.94. The number of Topliss-reactive ketones (excluding diaryl/α,β-unsaturated/α-hetero) is 1. The van der Waals surface area contributed by atoms with Crippen LogP contribution >= 0.6 is 0 Å². The third kappa shape index (κ3) is 8.33. The Balaban J connectivity index is 1.76. The van der Waals surface area contributed by atoms with Gasteiger partial charge in [0.1, 0.15) is 47.9 Å². The van der Waals surface area contributed by atoms with E-state index in [1.54, 1.807) is 25.1 Å². The molecule has 0 radical (unpaired) electrons. The number of hydrogen-bond acceptors (Lipinski definition) is 9. The van der Waals surface area contributed by atoms with E-state index in [9.17, 15) is 24.6 Å². The van der Waals surface area contributed by atoms with Crippen LogP contribution in [0.1, 0.15) is 80.6 Å². The second-order valence-corrected chi connectivity index (χ2v) is 9.92. The summed E-state index contributed by atoms with van der Waals surface area (Å²) in [7, 11) is 0. The summed E-state index contributed by atoms with van der Waals surface area (Å²) < 4.78 is 22.8. The lowest BCUT2D eigenvalue weighted by atomic mass is 10.0. The smallest absolute Gasteiger partial charge is 0.306 e. The van der Waals surface area contributed by atoms with E-state index >= 15 is 0 Å². The van der Waals surface area contributed by atoms with Crippen LogP contribution in [0.3, 0.4) is 0 Å². The normalized spacial score (nSPS) is 11.8. The molecule has 0 aliphatic rings. The maximum atomic E-state index is 12.8. The Labute approximate surface area is 240 Å². The van der Waals surface area contributed by atoms with Crippen LogP contribution in [-0.4, -0.2) is 47.9 Å². The molecular weight excluding hydrogens is 528 g/mol. The summed E-state index contributed by atoms with van der Waals surface area (Å²) >= 11 is 0. The summed E-state index contributed by atoms with van der Waals surface area (Å²) in [6, 6.07) is 7.88. The van der Waals surface area contributed by atoms with Crippen LogP contribution in [0.15, 0.2) is 39.5 Å². The second kappa shape index (κ2) is 15.2. The standard InChI is InChI=1S/C32H40O9/c1-5-8-10-25-28(14-12-23(20(4)33)31(25)37)39-18-21(34)19-40-29-15-13-24-27(35)17-22(11-16-30(36)38-7-3)41-32(24)26(29)9-6-2/h12-15,17,21,34,37H,5-11,16,18-19H2,1-4H3. The summed E-state index contributed by atoms with van der Waals surface area (Å²) in [5, 5.41) is 21.7. The molecule has 0 amide bonds. The number of ether oxygens (including phenoxy) is 3. The van der Waals surface area contributed by atoms with Gasteiger partial charge in [0.05, 0.1) is 24.0 Å². The highest BCUT2D eigenvalue weighted by atomic mass is 16.5. The van der Waals surface area contributed by atoms with Gasteiger partial charge in [-0.3, -0.25) is 14.4 Å². The van der Waals surface area contributed by atoms with Gasteiger partial charge in [0, 0.05) is 23.6 Å². The molecule has 9 heteroatoms. The first kappa shape index (κ1) is 31.7. The first-order valence-electron chi connectivity index (χ1n) is 14.2. The fourth-order valence-electron chi connectivity index (χ4n) is 4.56. The van der Waals surface area contributed by atoms with E-state index in [-0.39, 0.29) is 61.2 Å². The summed E-state index contributed by atoms with van der Waals surface area (Å²) in [6.07, 6.45) is 2.92. The molecular formula is C32H40O9. The molecule has 3 aromatic rings. The van der Waals surface area contributed by atoms with Crippen molar-refractivity contribution in [2.75, 3.05) is 19.8 Å². The quantitative estimate of drug-likeness (QED) is 0.174. The molecule has 1 heterocycles. The number of benzene rings is 2. The maximum absolute atomic E-state index is 12.8. The van der Waals surface area contributed by atoms with Crippen molar-refractivity contribution in [1.29, 1.82) is 0 Å². The minimum absolute atomic E-state index is 0.0855. The van der Waals surface area contributed by atoms with Gasteiger partial charge in [-0.05, 0) is 57.4 Å². The van der Waals surface area contributed by atoms with Gasteiger partial charge in [-0.1, -0.05) is 26.7 Å². The summed E-state index contributed by atoms with van der Waals surface area (Å²) in [5.74, 6) is 0.597. The minimum Gasteiger partial charge on any atom is -0.507 e. The van der Waals surface area contributed by atoms with Gasteiger partial charge in [0.15, 0.2) is 11.2 Å². The zero-order valence-electron chi connectivity index (χ0n) is 24.3. The zero-order chi connectivity index (χ0) is 29.9. The molecule has 41 heavy (non-hydrogen) atoms. The molecule has 1 atom stereocenters. The number of phenols is 1. The van der Waals surface area contributed by atoms with Gasteiger partial charge in [-0.2, -0.15) is 0 Å². The molecule has 0 saturated carbocycles. The van der Waals surface area contributed by atoms with Crippen molar-refractivity contribution in [3.05, 3.63) is 63.0 Å². The Morgan fingerprint density at radius 3 is 2.24 bits per heavy atom. The summed E-state index contributed by atoms with van der Waals surface area (Å²) in [5.41, 5.74) is 1.69. The Morgan fingerprint density at radius 1 is 0.927 bits per heavy atom. The molecule has 0 aliphatic carbocycles. The summed E-state index contributed by atoms with van der Waals surface area (Å²) in [6.45, 7) is 7.26. The Morgan fingerprint density at radius 2 is 1.61 bits per heavy atom. The molecule has 0 aliphatic heterocycles. The number of esters is 1. The number of unbranched alkanes of at least 4 members (excludes halogenated alkanes) is 1. The monoisotopic (exact) mass is 568 g/mol. The molecule has 0 saturated heterocycles. The first-order chi connectivity index (χ1) is 19.7. The van der Waals surface area contributed by atoms with Crippen molar-refractivity contribution in [3.63, 3.8) is 0 Å². The number of aryl methyl sites for hydroxylation is 2. The van der Waals surface area contributed by atoms with Crippen molar-refractivity contribution in [1.82, 2.24) is 0 Å². The topological polar surface area (TPSA) is 132 Å². The Bertz CT molecular complexity index is 1410. The molecule has 3 rings (SSSR count). The molecule has 0 bridgehead atoms. The molecule has 1 unspecified atom stereocenters. The summed E-state index contributed by atoms with van der Waals surface area (Å²) in [4.78, 5) is 36.4. The molecule has 0 spiro atoms. The van der Waals surface area contributed by atoms with E-state index in [2.05, 4.69) is 0 Å². The number of ketones is 1. The van der Waals surface area contributed by atoms with Gasteiger partial charge in [-0.25, -0.2) is 0 Å². The Hall–Kier alpha value is -3.85.